The summed E-state index contributed by atoms with van der Waals surface area (Å²) >= 11 is 0. The highest BCUT2D eigenvalue weighted by atomic mass is 16.5. The van der Waals surface area contributed by atoms with Crippen molar-refractivity contribution < 1.29 is 30.3 Å². The summed E-state index contributed by atoms with van der Waals surface area (Å²) in [5.74, 6) is 0.553. The summed E-state index contributed by atoms with van der Waals surface area (Å²) < 4.78 is 11.6. The van der Waals surface area contributed by atoms with Crippen LogP contribution in [0, 0.1) is 40.4 Å². The molecule has 7 heteroatoms. The molecule has 30 heavy (non-hydrogen) atoms. The third kappa shape index (κ3) is 2.07. The fraction of sp³-hybridized carbons (Fsp3) is 1.00. The van der Waals surface area contributed by atoms with Crippen LogP contribution in [-0.4, -0.2) is 89.6 Å². The number of methoxy groups -OCH3 is 2. The third-order valence-electron chi connectivity index (χ3n) is 10.9. The van der Waals surface area contributed by atoms with E-state index in [-0.39, 0.29) is 58.2 Å². The average molecular weight is 426 g/mol. The largest absolute Gasteiger partial charge is 0.412 e. The predicted octanol–water partition coefficient (Wildman–Crippen LogP) is 0.0524. The molecule has 7 nitrogen and oxygen atoms in total. The molecule has 6 rings (SSSR count). The van der Waals surface area contributed by atoms with Gasteiger partial charge in [0.25, 0.3) is 0 Å². The number of hydrogen-bond acceptors (Lipinski definition) is 6. The maximum atomic E-state index is 12.2. The van der Waals surface area contributed by atoms with E-state index < -0.39 is 11.7 Å². The van der Waals surface area contributed by atoms with Gasteiger partial charge in [-0.1, -0.05) is 6.92 Å². The monoisotopic (exact) mass is 425 g/mol. The van der Waals surface area contributed by atoms with E-state index in [1.807, 2.05) is 0 Å². The number of ether oxygens (including phenoxy) is 2. The molecule has 0 aromatic heterocycles. The van der Waals surface area contributed by atoms with Gasteiger partial charge in [-0.05, 0) is 44.1 Å². The van der Waals surface area contributed by atoms with Crippen LogP contribution in [0.3, 0.4) is 0 Å². The Bertz CT molecular complexity index is 707. The van der Waals surface area contributed by atoms with Crippen LogP contribution in [0.1, 0.15) is 39.0 Å². The standard InChI is InChI=1S/C23H37NO5.H2O/c1-4-24-10-21(11-28-2)6-5-17(25)23-13-7-12-15(29-3)9-22(27,18(13)19(12)26)14(20(23)24)8-16(21)23;/h12-20,25-27H,4-11H2,1-3H3;1H2/t12-,13+,14+,15-,16+,17-,18+,19-,20?,21-,22-,23+;/m0./s1. The highest BCUT2D eigenvalue weighted by Gasteiger charge is 2.83. The molecule has 1 unspecified atom stereocenters. The van der Waals surface area contributed by atoms with E-state index >= 15 is 0 Å². The molecule has 5 aliphatic carbocycles. The highest BCUT2D eigenvalue weighted by Crippen LogP contribution is 2.78. The zero-order valence-corrected chi connectivity index (χ0v) is 18.5. The van der Waals surface area contributed by atoms with Crippen LogP contribution in [0.4, 0.5) is 0 Å². The molecule has 5 N–H and O–H groups in total. The Morgan fingerprint density at radius 3 is 2.57 bits per heavy atom. The number of aliphatic hydroxyl groups is 3. The first-order chi connectivity index (χ1) is 13.9. The number of piperidine rings is 1. The van der Waals surface area contributed by atoms with Crippen LogP contribution in [0.2, 0.25) is 0 Å². The summed E-state index contributed by atoms with van der Waals surface area (Å²) in [5.41, 5.74) is -1.08. The molecular formula is C23H39NO6. The molecule has 0 radical (unpaired) electrons. The summed E-state index contributed by atoms with van der Waals surface area (Å²) in [5, 5.41) is 35.2. The maximum absolute atomic E-state index is 12.2. The Labute approximate surface area is 179 Å². The van der Waals surface area contributed by atoms with E-state index in [2.05, 4.69) is 11.8 Å². The second-order valence-electron chi connectivity index (χ2n) is 11.2. The Balaban J connectivity index is 0.00000193. The SMILES string of the molecule is CCN1C[C@]2(COC)CC[C@H](O)[C@]34C1[C@@H](C[C@H]23)[C@@]1(O)C[C@H](OC)[C@@H]2C[C@@H]4[C@@H]1[C@H]2O.O. The maximum Gasteiger partial charge on any atom is 0.0771 e. The van der Waals surface area contributed by atoms with Crippen molar-refractivity contribution in [2.45, 2.75) is 69.0 Å². The molecular weight excluding hydrogens is 386 g/mol. The lowest BCUT2D eigenvalue weighted by molar-refractivity contribution is -0.272. The van der Waals surface area contributed by atoms with Crippen LogP contribution in [0.5, 0.6) is 0 Å². The van der Waals surface area contributed by atoms with Gasteiger partial charge in [0.2, 0.25) is 0 Å². The lowest BCUT2D eigenvalue weighted by Gasteiger charge is -2.69. The summed E-state index contributed by atoms with van der Waals surface area (Å²) in [6.07, 6.45) is 3.27. The predicted molar refractivity (Wildman–Crippen MR) is 110 cm³/mol. The van der Waals surface area contributed by atoms with Gasteiger partial charge in [-0.15, -0.1) is 0 Å². The topological polar surface area (TPSA) is 114 Å². The van der Waals surface area contributed by atoms with Crippen molar-refractivity contribution in [2.75, 3.05) is 33.9 Å². The van der Waals surface area contributed by atoms with E-state index in [0.29, 0.717) is 12.3 Å². The normalized spacial score (nSPS) is 60.4. The van der Waals surface area contributed by atoms with Gasteiger partial charge in [0.1, 0.15) is 0 Å². The van der Waals surface area contributed by atoms with Crippen molar-refractivity contribution in [3.05, 3.63) is 0 Å². The van der Waals surface area contributed by atoms with Crippen molar-refractivity contribution >= 4 is 0 Å². The van der Waals surface area contributed by atoms with E-state index in [9.17, 15) is 15.3 Å². The smallest absolute Gasteiger partial charge is 0.0771 e. The molecule has 6 aliphatic rings. The first-order valence-corrected chi connectivity index (χ1v) is 11.7. The molecule has 0 amide bonds. The Kier molecular flexibility index (Phi) is 4.76. The van der Waals surface area contributed by atoms with Crippen molar-refractivity contribution in [3.8, 4) is 0 Å². The molecule has 1 spiro atoms. The molecule has 1 aliphatic heterocycles. The summed E-state index contributed by atoms with van der Waals surface area (Å²) in [6, 6.07) is 0.200. The second-order valence-corrected chi connectivity index (χ2v) is 11.2. The molecule has 7 bridgehead atoms. The fourth-order valence-electron chi connectivity index (χ4n) is 10.4. The molecule has 1 saturated heterocycles. The van der Waals surface area contributed by atoms with Crippen LogP contribution in [0.25, 0.3) is 0 Å². The van der Waals surface area contributed by atoms with Crippen molar-refractivity contribution in [1.82, 2.24) is 4.90 Å². The molecule has 0 aromatic rings. The molecule has 5 saturated carbocycles. The minimum Gasteiger partial charge on any atom is -0.412 e. The van der Waals surface area contributed by atoms with Gasteiger partial charge in [0.05, 0.1) is 30.5 Å². The second kappa shape index (κ2) is 6.62. The summed E-state index contributed by atoms with van der Waals surface area (Å²) in [7, 11) is 3.52. The lowest BCUT2D eigenvalue weighted by atomic mass is 9.43. The zero-order chi connectivity index (χ0) is 20.3. The Hall–Kier alpha value is -0.280. The van der Waals surface area contributed by atoms with E-state index in [0.717, 1.165) is 45.4 Å². The quantitative estimate of drug-likeness (QED) is 0.587. The van der Waals surface area contributed by atoms with Crippen LogP contribution >= 0.6 is 0 Å². The van der Waals surface area contributed by atoms with Crippen molar-refractivity contribution in [1.29, 1.82) is 0 Å². The number of fused-ring (bicyclic) bond motifs is 2. The number of likely N-dealkylation sites (tertiary alicyclic amines) is 1. The fourth-order valence-corrected chi connectivity index (χ4v) is 10.4. The first-order valence-electron chi connectivity index (χ1n) is 11.7. The van der Waals surface area contributed by atoms with Gasteiger partial charge in [-0.3, -0.25) is 4.90 Å². The Morgan fingerprint density at radius 2 is 1.90 bits per heavy atom. The van der Waals surface area contributed by atoms with Crippen LogP contribution in [0.15, 0.2) is 0 Å². The van der Waals surface area contributed by atoms with E-state index in [4.69, 9.17) is 9.47 Å². The van der Waals surface area contributed by atoms with E-state index in [1.54, 1.807) is 14.2 Å². The first kappa shape index (κ1) is 21.6. The third-order valence-corrected chi connectivity index (χ3v) is 10.9. The minimum absolute atomic E-state index is 0. The van der Waals surface area contributed by atoms with Crippen molar-refractivity contribution in [2.24, 2.45) is 40.4 Å². The van der Waals surface area contributed by atoms with Crippen LogP contribution < -0.4 is 0 Å². The molecule has 12 atom stereocenters. The van der Waals surface area contributed by atoms with Crippen molar-refractivity contribution in [3.63, 3.8) is 0 Å². The lowest BCUT2D eigenvalue weighted by Crippen LogP contribution is -2.76. The molecule has 1 heterocycles. The summed E-state index contributed by atoms with van der Waals surface area (Å²) in [6.45, 7) is 4.88. The minimum atomic E-state index is -0.901. The number of hydrogen-bond donors (Lipinski definition) is 3. The van der Waals surface area contributed by atoms with Crippen LogP contribution in [-0.2, 0) is 9.47 Å². The molecule has 172 valence electrons. The van der Waals surface area contributed by atoms with Gasteiger partial charge in [-0.2, -0.15) is 0 Å². The van der Waals surface area contributed by atoms with Gasteiger partial charge >= 0.3 is 0 Å². The van der Waals surface area contributed by atoms with E-state index in [1.165, 1.54) is 0 Å². The number of rotatable bonds is 4. The average Bonchev–Trinajstić information content (AvgIpc) is 3.13. The van der Waals surface area contributed by atoms with Gasteiger partial charge in [-0.25, -0.2) is 0 Å². The number of nitrogens with zero attached hydrogens (tertiary/aromatic N) is 1. The molecule has 6 fully saturated rings. The Morgan fingerprint density at radius 1 is 1.13 bits per heavy atom. The van der Waals surface area contributed by atoms with Gasteiger partial charge in [0, 0.05) is 61.8 Å². The zero-order valence-electron chi connectivity index (χ0n) is 18.5. The van der Waals surface area contributed by atoms with Gasteiger partial charge < -0.3 is 30.3 Å². The molecule has 0 aromatic carbocycles. The van der Waals surface area contributed by atoms with Gasteiger partial charge in [0.15, 0.2) is 0 Å². The summed E-state index contributed by atoms with van der Waals surface area (Å²) in [4.78, 5) is 2.57. The highest BCUT2D eigenvalue weighted by molar-refractivity contribution is 5.33. The number of aliphatic hydroxyl groups excluding tert-OH is 2.